The molecule has 1 aliphatic heterocycles. The minimum absolute atomic E-state index is 0.0597. The zero-order valence-corrected chi connectivity index (χ0v) is 15.3. The summed E-state index contributed by atoms with van der Waals surface area (Å²) in [5.74, 6) is 0.861. The third kappa shape index (κ3) is 3.78. The average molecular weight is 384 g/mol. The van der Waals surface area contributed by atoms with E-state index in [0.29, 0.717) is 18.1 Å². The maximum atomic E-state index is 13.3. The quantitative estimate of drug-likeness (QED) is 0.681. The number of nitrogens with zero attached hydrogens (tertiary/aromatic N) is 3. The number of rotatable bonds is 3. The van der Waals surface area contributed by atoms with E-state index in [4.69, 9.17) is 0 Å². The fraction of sp³-hybridized carbons (Fsp3) is 0.238. The van der Waals surface area contributed by atoms with E-state index < -0.39 is 11.7 Å². The minimum Gasteiger partial charge on any atom is -0.352 e. The van der Waals surface area contributed by atoms with Crippen molar-refractivity contribution in [3.05, 3.63) is 77.0 Å². The van der Waals surface area contributed by atoms with Gasteiger partial charge in [0.1, 0.15) is 5.82 Å². The molecule has 4 rings (SSSR count). The summed E-state index contributed by atoms with van der Waals surface area (Å²) in [6.45, 7) is 3.32. The molecular weight excluding hydrogens is 365 g/mol. The fourth-order valence-corrected chi connectivity index (χ4v) is 3.42. The van der Waals surface area contributed by atoms with Crippen molar-refractivity contribution < 1.29 is 13.2 Å². The van der Waals surface area contributed by atoms with Gasteiger partial charge in [0.2, 0.25) is 5.95 Å². The Hall–Kier alpha value is -3.09. The number of hydrogen-bond acceptors (Lipinski definition) is 4. The second-order valence-corrected chi connectivity index (χ2v) is 6.80. The number of aryl methyl sites for hydroxylation is 1. The molecule has 0 unspecified atom stereocenters. The molecule has 7 heteroatoms. The van der Waals surface area contributed by atoms with Gasteiger partial charge in [0.25, 0.3) is 0 Å². The third-order valence-corrected chi connectivity index (χ3v) is 4.77. The summed E-state index contributed by atoms with van der Waals surface area (Å²) in [6.07, 6.45) is -3.55. The summed E-state index contributed by atoms with van der Waals surface area (Å²) in [5.41, 5.74) is 2.45. The molecule has 144 valence electrons. The molecule has 0 saturated heterocycles. The van der Waals surface area contributed by atoms with Crippen molar-refractivity contribution in [1.29, 1.82) is 0 Å². The molecule has 2 heterocycles. The van der Waals surface area contributed by atoms with Gasteiger partial charge in [-0.2, -0.15) is 18.2 Å². The van der Waals surface area contributed by atoms with Gasteiger partial charge in [-0.05, 0) is 36.6 Å². The predicted octanol–water partition coefficient (Wildman–Crippen LogP) is 5.11. The Morgan fingerprint density at radius 2 is 1.68 bits per heavy atom. The number of para-hydroxylation sites is 1. The van der Waals surface area contributed by atoms with E-state index in [-0.39, 0.29) is 11.6 Å². The predicted molar refractivity (Wildman–Crippen MR) is 103 cm³/mol. The zero-order chi connectivity index (χ0) is 19.7. The van der Waals surface area contributed by atoms with Gasteiger partial charge in [-0.1, -0.05) is 36.4 Å². The summed E-state index contributed by atoms with van der Waals surface area (Å²) >= 11 is 0. The van der Waals surface area contributed by atoms with Crippen LogP contribution in [0.4, 0.5) is 30.6 Å². The van der Waals surface area contributed by atoms with Crippen molar-refractivity contribution in [1.82, 2.24) is 9.97 Å². The maximum absolute atomic E-state index is 13.3. The first-order chi connectivity index (χ1) is 13.4. The van der Waals surface area contributed by atoms with Crippen LogP contribution < -0.4 is 10.2 Å². The normalized spacial score (nSPS) is 13.9. The minimum atomic E-state index is -4.45. The van der Waals surface area contributed by atoms with E-state index in [1.165, 1.54) is 23.3 Å². The fourth-order valence-electron chi connectivity index (χ4n) is 3.42. The smallest absolute Gasteiger partial charge is 0.352 e. The third-order valence-electron chi connectivity index (χ3n) is 4.77. The molecule has 0 atom stereocenters. The molecule has 0 fully saturated rings. The first kappa shape index (κ1) is 18.3. The van der Waals surface area contributed by atoms with Gasteiger partial charge in [0.15, 0.2) is 0 Å². The molecular formula is C21H19F3N4. The van der Waals surface area contributed by atoms with Crippen molar-refractivity contribution in [2.75, 3.05) is 16.8 Å². The van der Waals surface area contributed by atoms with E-state index in [9.17, 15) is 13.2 Å². The lowest BCUT2D eigenvalue weighted by molar-refractivity contribution is -0.136. The van der Waals surface area contributed by atoms with Crippen LogP contribution in [0.25, 0.3) is 0 Å². The molecule has 0 spiro atoms. The van der Waals surface area contributed by atoms with E-state index in [0.717, 1.165) is 19.0 Å². The summed E-state index contributed by atoms with van der Waals surface area (Å²) in [4.78, 5) is 10.9. The number of benzene rings is 2. The van der Waals surface area contributed by atoms with Gasteiger partial charge >= 0.3 is 6.18 Å². The number of halogens is 3. The average Bonchev–Trinajstić information content (AvgIpc) is 2.67. The van der Waals surface area contributed by atoms with Gasteiger partial charge in [0.05, 0.1) is 11.3 Å². The molecule has 0 amide bonds. The monoisotopic (exact) mass is 384 g/mol. The lowest BCUT2D eigenvalue weighted by Crippen LogP contribution is -2.31. The first-order valence-corrected chi connectivity index (χ1v) is 9.01. The van der Waals surface area contributed by atoms with Gasteiger partial charge in [-0.15, -0.1) is 0 Å². The highest BCUT2D eigenvalue weighted by Gasteiger charge is 2.33. The SMILES string of the molecule is Cc1cc(N2CCc3ccccc3C2)nc(Nc2ccccc2C(F)(F)F)n1. The zero-order valence-electron chi connectivity index (χ0n) is 15.3. The van der Waals surface area contributed by atoms with Crippen molar-refractivity contribution in [3.8, 4) is 0 Å². The second-order valence-electron chi connectivity index (χ2n) is 6.80. The molecule has 1 aromatic heterocycles. The number of hydrogen-bond donors (Lipinski definition) is 1. The highest BCUT2D eigenvalue weighted by Crippen LogP contribution is 2.35. The number of anilines is 3. The van der Waals surface area contributed by atoms with E-state index >= 15 is 0 Å². The molecule has 0 aliphatic carbocycles. The van der Waals surface area contributed by atoms with Crippen LogP contribution in [0.3, 0.4) is 0 Å². The standard InChI is InChI=1S/C21H19F3N4/c1-14-12-19(28-11-10-15-6-2-3-7-16(15)13-28)27-20(25-14)26-18-9-5-4-8-17(18)21(22,23)24/h2-9,12H,10-11,13H2,1H3,(H,25,26,27). The number of fused-ring (bicyclic) bond motifs is 1. The van der Waals surface area contributed by atoms with Crippen molar-refractivity contribution in [3.63, 3.8) is 0 Å². The van der Waals surface area contributed by atoms with Crippen molar-refractivity contribution in [2.24, 2.45) is 0 Å². The topological polar surface area (TPSA) is 41.1 Å². The highest BCUT2D eigenvalue weighted by atomic mass is 19.4. The first-order valence-electron chi connectivity index (χ1n) is 9.01. The molecule has 1 aliphatic rings. The lowest BCUT2D eigenvalue weighted by atomic mass is 10.00. The van der Waals surface area contributed by atoms with Crippen molar-refractivity contribution >= 4 is 17.5 Å². The Labute approximate surface area is 161 Å². The molecule has 28 heavy (non-hydrogen) atoms. The summed E-state index contributed by atoms with van der Waals surface area (Å²) in [5, 5.41) is 2.75. The summed E-state index contributed by atoms with van der Waals surface area (Å²) < 4.78 is 39.8. The Kier molecular flexibility index (Phi) is 4.66. The van der Waals surface area contributed by atoms with E-state index in [1.54, 1.807) is 6.07 Å². The summed E-state index contributed by atoms with van der Waals surface area (Å²) in [6, 6.07) is 15.4. The van der Waals surface area contributed by atoms with Crippen molar-refractivity contribution in [2.45, 2.75) is 26.1 Å². The van der Waals surface area contributed by atoms with Crippen LogP contribution in [0.15, 0.2) is 54.6 Å². The Morgan fingerprint density at radius 3 is 2.46 bits per heavy atom. The van der Waals surface area contributed by atoms with Gasteiger partial charge in [-0.25, -0.2) is 4.98 Å². The summed E-state index contributed by atoms with van der Waals surface area (Å²) in [7, 11) is 0. The Bertz CT molecular complexity index is 1000. The molecule has 2 aromatic carbocycles. The van der Waals surface area contributed by atoms with Crippen LogP contribution in [0, 0.1) is 6.92 Å². The maximum Gasteiger partial charge on any atom is 0.418 e. The van der Waals surface area contributed by atoms with E-state index in [2.05, 4.69) is 32.3 Å². The second kappa shape index (κ2) is 7.14. The van der Waals surface area contributed by atoms with Gasteiger partial charge in [-0.3, -0.25) is 0 Å². The lowest BCUT2D eigenvalue weighted by Gasteiger charge is -2.30. The molecule has 3 aromatic rings. The Morgan fingerprint density at radius 1 is 0.964 bits per heavy atom. The van der Waals surface area contributed by atoms with Crippen LogP contribution in [-0.2, 0) is 19.1 Å². The van der Waals surface area contributed by atoms with Gasteiger partial charge < -0.3 is 10.2 Å². The van der Waals surface area contributed by atoms with Crippen LogP contribution in [-0.4, -0.2) is 16.5 Å². The number of aromatic nitrogens is 2. The highest BCUT2D eigenvalue weighted by molar-refractivity contribution is 5.61. The molecule has 4 nitrogen and oxygen atoms in total. The van der Waals surface area contributed by atoms with Crippen LogP contribution >= 0.6 is 0 Å². The van der Waals surface area contributed by atoms with Crippen LogP contribution in [0.5, 0.6) is 0 Å². The molecule has 0 saturated carbocycles. The molecule has 0 bridgehead atoms. The largest absolute Gasteiger partial charge is 0.418 e. The van der Waals surface area contributed by atoms with E-state index in [1.807, 2.05) is 25.1 Å². The molecule has 0 radical (unpaired) electrons. The number of nitrogens with one attached hydrogen (secondary N) is 1. The van der Waals surface area contributed by atoms with Crippen LogP contribution in [0.1, 0.15) is 22.4 Å². The van der Waals surface area contributed by atoms with Crippen LogP contribution in [0.2, 0.25) is 0 Å². The van der Waals surface area contributed by atoms with Gasteiger partial charge in [0, 0.05) is 24.8 Å². The molecule has 1 N–H and O–H groups in total. The Balaban J connectivity index is 1.63. The number of alkyl halides is 3.